The average molecular weight is 336 g/mol. The van der Waals surface area contributed by atoms with Gasteiger partial charge in [-0.25, -0.2) is 0 Å². The lowest BCUT2D eigenvalue weighted by Crippen LogP contribution is -2.23. The third-order valence-corrected chi connectivity index (χ3v) is 4.55. The number of azo groups is 1. The number of anilines is 1. The van der Waals surface area contributed by atoms with Crippen molar-refractivity contribution < 1.29 is 4.92 Å². The van der Waals surface area contributed by atoms with Gasteiger partial charge in [-0.15, -0.1) is 0 Å². The van der Waals surface area contributed by atoms with Crippen LogP contribution in [-0.4, -0.2) is 18.5 Å². The largest absolute Gasteiger partial charge is 0.347 e. The van der Waals surface area contributed by atoms with Gasteiger partial charge in [-0.05, 0) is 29.8 Å². The lowest BCUT2D eigenvalue weighted by molar-refractivity contribution is -0.384. The van der Waals surface area contributed by atoms with E-state index < -0.39 is 4.92 Å². The van der Waals surface area contributed by atoms with Crippen molar-refractivity contribution in [3.63, 3.8) is 0 Å². The molecule has 2 aromatic rings. The molecule has 0 fully saturated rings. The molecule has 1 aliphatic heterocycles. The van der Waals surface area contributed by atoms with Crippen LogP contribution in [0, 0.1) is 10.1 Å². The van der Waals surface area contributed by atoms with E-state index in [4.69, 9.17) is 0 Å². The molecule has 0 unspecified atom stereocenters. The zero-order valence-corrected chi connectivity index (χ0v) is 14.5. The van der Waals surface area contributed by atoms with E-state index >= 15 is 0 Å². The summed E-state index contributed by atoms with van der Waals surface area (Å²) in [6, 6.07) is 14.4. The number of hydrogen-bond acceptors (Lipinski definition) is 5. The topological polar surface area (TPSA) is 71.1 Å². The molecule has 3 rings (SSSR count). The highest BCUT2D eigenvalue weighted by molar-refractivity contribution is 5.69. The summed E-state index contributed by atoms with van der Waals surface area (Å²) in [6.45, 7) is 4.86. The van der Waals surface area contributed by atoms with Crippen LogP contribution in [0.25, 0.3) is 0 Å². The zero-order valence-electron chi connectivity index (χ0n) is 14.5. The lowest BCUT2D eigenvalue weighted by Gasteiger charge is -2.23. The first-order valence-corrected chi connectivity index (χ1v) is 8.07. The van der Waals surface area contributed by atoms with Gasteiger partial charge >= 0.3 is 0 Å². The molecule has 0 bridgehead atoms. The van der Waals surface area contributed by atoms with Gasteiger partial charge in [-0.2, -0.15) is 10.2 Å². The Labute approximate surface area is 146 Å². The summed E-state index contributed by atoms with van der Waals surface area (Å²) in [5, 5.41) is 19.0. The first-order valence-electron chi connectivity index (χ1n) is 8.07. The summed E-state index contributed by atoms with van der Waals surface area (Å²) in [7, 11) is 2.06. The smallest absolute Gasteiger partial charge is 0.269 e. The fourth-order valence-corrected chi connectivity index (χ4v) is 3.26. The van der Waals surface area contributed by atoms with Crippen LogP contribution in [0.3, 0.4) is 0 Å². The number of allylic oxidation sites excluding steroid dienone is 1. The molecule has 0 amide bonds. The Morgan fingerprint density at radius 2 is 1.84 bits per heavy atom. The first kappa shape index (κ1) is 16.8. The minimum absolute atomic E-state index is 0.0492. The van der Waals surface area contributed by atoms with Crippen molar-refractivity contribution in [3.8, 4) is 0 Å². The molecule has 0 aliphatic carbocycles. The van der Waals surface area contributed by atoms with E-state index in [0.29, 0.717) is 12.2 Å². The van der Waals surface area contributed by atoms with E-state index in [1.165, 1.54) is 29.1 Å². The van der Waals surface area contributed by atoms with Crippen LogP contribution in [0.4, 0.5) is 17.1 Å². The summed E-state index contributed by atoms with van der Waals surface area (Å²) in [5.74, 6) is 0. The van der Waals surface area contributed by atoms with E-state index in [2.05, 4.69) is 60.3 Å². The molecular weight excluding hydrogens is 316 g/mol. The molecule has 6 nitrogen and oxygen atoms in total. The van der Waals surface area contributed by atoms with Crippen molar-refractivity contribution >= 4 is 17.1 Å². The highest BCUT2D eigenvalue weighted by Gasteiger charge is 2.37. The number of nitro benzene ring substituents is 1. The van der Waals surface area contributed by atoms with Gasteiger partial charge in [-0.3, -0.25) is 10.1 Å². The zero-order chi connectivity index (χ0) is 18.0. The SMILES string of the molecule is CN1C(=CCN=Nc2ccc([N+](=O)[O-])cc2)C(C)(C)c2ccccc21. The van der Waals surface area contributed by atoms with Gasteiger partial charge in [0.25, 0.3) is 5.69 Å². The van der Waals surface area contributed by atoms with Crippen LogP contribution in [0.2, 0.25) is 0 Å². The minimum Gasteiger partial charge on any atom is -0.347 e. The number of benzene rings is 2. The second-order valence-corrected chi connectivity index (χ2v) is 6.49. The van der Waals surface area contributed by atoms with Crippen LogP contribution in [0.15, 0.2) is 70.5 Å². The average Bonchev–Trinajstić information content (AvgIpc) is 2.79. The molecular formula is C19H20N4O2. The molecule has 2 aromatic carbocycles. The molecule has 0 spiro atoms. The number of hydrogen-bond donors (Lipinski definition) is 0. The van der Waals surface area contributed by atoms with Gasteiger partial charge in [0.1, 0.15) is 0 Å². The number of non-ortho nitro benzene ring substituents is 1. The maximum absolute atomic E-state index is 10.6. The molecule has 6 heteroatoms. The monoisotopic (exact) mass is 336 g/mol. The Bertz CT molecular complexity index is 854. The van der Waals surface area contributed by atoms with E-state index in [1.54, 1.807) is 12.1 Å². The van der Waals surface area contributed by atoms with Crippen LogP contribution < -0.4 is 4.90 Å². The van der Waals surface area contributed by atoms with Gasteiger partial charge in [0.15, 0.2) is 0 Å². The molecule has 0 atom stereocenters. The van der Waals surface area contributed by atoms with Gasteiger partial charge in [0.2, 0.25) is 0 Å². The number of likely N-dealkylation sites (N-methyl/N-ethyl adjacent to an activating group) is 1. The Morgan fingerprint density at radius 1 is 1.16 bits per heavy atom. The van der Waals surface area contributed by atoms with Gasteiger partial charge in [0.05, 0.1) is 17.2 Å². The first-order chi connectivity index (χ1) is 11.9. The fourth-order valence-electron chi connectivity index (χ4n) is 3.26. The second-order valence-electron chi connectivity index (χ2n) is 6.49. The van der Waals surface area contributed by atoms with Crippen molar-refractivity contribution in [2.24, 2.45) is 10.2 Å². The third-order valence-electron chi connectivity index (χ3n) is 4.55. The summed E-state index contributed by atoms with van der Waals surface area (Å²) in [5.41, 5.74) is 4.28. The maximum atomic E-state index is 10.6. The van der Waals surface area contributed by atoms with E-state index in [0.717, 1.165) is 0 Å². The molecule has 0 radical (unpaired) electrons. The minimum atomic E-state index is -0.430. The van der Waals surface area contributed by atoms with E-state index in [-0.39, 0.29) is 11.1 Å². The Morgan fingerprint density at radius 3 is 2.48 bits per heavy atom. The molecule has 25 heavy (non-hydrogen) atoms. The molecule has 0 saturated carbocycles. The van der Waals surface area contributed by atoms with Gasteiger partial charge < -0.3 is 4.90 Å². The Hall–Kier alpha value is -3.02. The van der Waals surface area contributed by atoms with Gasteiger partial charge in [0, 0.05) is 36.0 Å². The van der Waals surface area contributed by atoms with Gasteiger partial charge in [-0.1, -0.05) is 32.0 Å². The highest BCUT2D eigenvalue weighted by Crippen LogP contribution is 2.46. The summed E-state index contributed by atoms with van der Waals surface area (Å²) in [4.78, 5) is 12.4. The molecule has 0 aromatic heterocycles. The fraction of sp³-hybridized carbons (Fsp3) is 0.263. The second kappa shape index (κ2) is 6.47. The number of fused-ring (bicyclic) bond motifs is 1. The molecule has 1 heterocycles. The van der Waals surface area contributed by atoms with Crippen molar-refractivity contribution in [3.05, 3.63) is 76.0 Å². The molecule has 0 saturated heterocycles. The van der Waals surface area contributed by atoms with E-state index in [1.807, 2.05) is 6.07 Å². The summed E-state index contributed by atoms with van der Waals surface area (Å²) in [6.07, 6.45) is 2.08. The predicted octanol–water partition coefficient (Wildman–Crippen LogP) is 4.99. The number of nitrogens with zero attached hydrogens (tertiary/aromatic N) is 4. The van der Waals surface area contributed by atoms with Crippen molar-refractivity contribution in [1.82, 2.24) is 0 Å². The molecule has 0 N–H and O–H groups in total. The van der Waals surface area contributed by atoms with Crippen LogP contribution in [-0.2, 0) is 5.41 Å². The highest BCUT2D eigenvalue weighted by atomic mass is 16.6. The standard InChI is InChI=1S/C19H20N4O2/c1-19(2)16-6-4-5-7-17(16)22(3)18(19)12-13-20-21-14-8-10-15(11-9-14)23(24)25/h4-12H,13H2,1-3H3. The van der Waals surface area contributed by atoms with Crippen LogP contribution >= 0.6 is 0 Å². The summed E-state index contributed by atoms with van der Waals surface area (Å²) < 4.78 is 0. The number of rotatable bonds is 4. The van der Waals surface area contributed by atoms with E-state index in [9.17, 15) is 10.1 Å². The Balaban J connectivity index is 1.73. The third kappa shape index (κ3) is 3.15. The number of nitro groups is 1. The Kier molecular flexibility index (Phi) is 4.35. The van der Waals surface area contributed by atoms with Crippen molar-refractivity contribution in [1.29, 1.82) is 0 Å². The predicted molar refractivity (Wildman–Crippen MR) is 98.4 cm³/mol. The van der Waals surface area contributed by atoms with Crippen LogP contribution in [0.1, 0.15) is 19.4 Å². The normalized spacial score (nSPS) is 17.2. The lowest BCUT2D eigenvalue weighted by atomic mass is 9.84. The van der Waals surface area contributed by atoms with Crippen molar-refractivity contribution in [2.75, 3.05) is 18.5 Å². The molecule has 1 aliphatic rings. The van der Waals surface area contributed by atoms with Crippen LogP contribution in [0.5, 0.6) is 0 Å². The van der Waals surface area contributed by atoms with Crippen molar-refractivity contribution in [2.45, 2.75) is 19.3 Å². The number of para-hydroxylation sites is 1. The maximum Gasteiger partial charge on any atom is 0.269 e. The summed E-state index contributed by atoms with van der Waals surface area (Å²) >= 11 is 0. The molecule has 128 valence electrons. The quantitative estimate of drug-likeness (QED) is 0.448.